The number of rotatable bonds is 9. The Kier molecular flexibility index (Phi) is 8.36. The molecule has 1 N–H and O–H groups in total. The van der Waals surface area contributed by atoms with E-state index >= 15 is 0 Å². The molecule has 0 saturated carbocycles. The lowest BCUT2D eigenvalue weighted by Crippen LogP contribution is -2.40. The van der Waals surface area contributed by atoms with Gasteiger partial charge in [-0.25, -0.2) is 13.8 Å². The summed E-state index contributed by atoms with van der Waals surface area (Å²) in [4.78, 5) is 26.5. The highest BCUT2D eigenvalue weighted by Crippen LogP contribution is 2.30. The van der Waals surface area contributed by atoms with Crippen molar-refractivity contribution in [2.45, 2.75) is 52.1 Å². The Hall–Kier alpha value is -3.58. The van der Waals surface area contributed by atoms with E-state index in [4.69, 9.17) is 4.98 Å². The predicted molar refractivity (Wildman–Crippen MR) is 150 cm³/mol. The standard InChI is InChI=1S/C32H36F2N4O/c1-22(2)20-38(32(39)26-15-14-25(33)19-27(26)34)30(31-35-28-12-6-7-13-29(28)36-31)18-23-10-4-5-11-24(23)21-37-16-8-3-9-17-37/h4-7,10-15,19,22,30H,3,8-9,16-18,20-21H2,1-2H3,(H,35,36). The van der Waals surface area contributed by atoms with Crippen molar-refractivity contribution in [2.24, 2.45) is 5.92 Å². The number of aromatic nitrogens is 2. The fourth-order valence-corrected chi connectivity index (χ4v) is 5.53. The predicted octanol–water partition coefficient (Wildman–Crippen LogP) is 6.91. The highest BCUT2D eigenvalue weighted by atomic mass is 19.1. The van der Waals surface area contributed by atoms with Crippen molar-refractivity contribution >= 4 is 16.9 Å². The summed E-state index contributed by atoms with van der Waals surface area (Å²) in [6, 6.07) is 18.8. The average molecular weight is 531 g/mol. The van der Waals surface area contributed by atoms with Gasteiger partial charge in [-0.1, -0.05) is 56.7 Å². The van der Waals surface area contributed by atoms with Crippen LogP contribution in [0, 0.1) is 17.6 Å². The number of benzene rings is 3. The van der Waals surface area contributed by atoms with Crippen LogP contribution in [0.5, 0.6) is 0 Å². The molecule has 1 atom stereocenters. The lowest BCUT2D eigenvalue weighted by Gasteiger charge is -2.33. The summed E-state index contributed by atoms with van der Waals surface area (Å²) in [6.07, 6.45) is 4.22. The summed E-state index contributed by atoms with van der Waals surface area (Å²) in [5.74, 6) is -1.27. The number of nitrogens with one attached hydrogen (secondary N) is 1. The quantitative estimate of drug-likeness (QED) is 0.256. The van der Waals surface area contributed by atoms with Crippen LogP contribution in [0.3, 0.4) is 0 Å². The molecule has 3 aromatic carbocycles. The molecule has 1 unspecified atom stereocenters. The number of imidazole rings is 1. The number of carbonyl (C=O) groups excluding carboxylic acids is 1. The molecule has 0 bridgehead atoms. The SMILES string of the molecule is CC(C)CN(C(=O)c1ccc(F)cc1F)C(Cc1ccccc1CN1CCCCC1)c1nc2ccccc2[nH]1. The van der Waals surface area contributed by atoms with Crippen LogP contribution in [0.2, 0.25) is 0 Å². The maximum absolute atomic E-state index is 14.9. The Morgan fingerprint density at radius 1 is 0.974 bits per heavy atom. The van der Waals surface area contributed by atoms with Gasteiger partial charge in [0.1, 0.15) is 17.5 Å². The minimum atomic E-state index is -0.859. The van der Waals surface area contributed by atoms with Gasteiger partial charge < -0.3 is 9.88 Å². The smallest absolute Gasteiger partial charge is 0.257 e. The zero-order valence-electron chi connectivity index (χ0n) is 22.7. The van der Waals surface area contributed by atoms with Crippen molar-refractivity contribution in [1.82, 2.24) is 19.8 Å². The second kappa shape index (κ2) is 12.1. The highest BCUT2D eigenvalue weighted by molar-refractivity contribution is 5.95. The van der Waals surface area contributed by atoms with E-state index in [0.29, 0.717) is 18.8 Å². The molecule has 5 rings (SSSR count). The van der Waals surface area contributed by atoms with Gasteiger partial charge in [-0.05, 0) is 67.2 Å². The number of fused-ring (bicyclic) bond motifs is 1. The fraction of sp³-hybridized carbons (Fsp3) is 0.375. The first-order valence-corrected chi connectivity index (χ1v) is 13.9. The average Bonchev–Trinajstić information content (AvgIpc) is 3.36. The van der Waals surface area contributed by atoms with Crippen LogP contribution in [0.15, 0.2) is 66.7 Å². The lowest BCUT2D eigenvalue weighted by molar-refractivity contribution is 0.0634. The number of hydrogen-bond acceptors (Lipinski definition) is 3. The molecule has 0 radical (unpaired) electrons. The number of halogens is 2. The second-order valence-electron chi connectivity index (χ2n) is 10.9. The molecule has 1 fully saturated rings. The molecule has 0 aliphatic carbocycles. The van der Waals surface area contributed by atoms with E-state index in [1.54, 1.807) is 4.90 Å². The normalized spacial score (nSPS) is 15.1. The van der Waals surface area contributed by atoms with Crippen molar-refractivity contribution in [3.63, 3.8) is 0 Å². The summed E-state index contributed by atoms with van der Waals surface area (Å²) in [5, 5.41) is 0. The molecule has 1 aliphatic heterocycles. The van der Waals surface area contributed by atoms with Gasteiger partial charge in [0.25, 0.3) is 5.91 Å². The summed E-state index contributed by atoms with van der Waals surface area (Å²) in [5.41, 5.74) is 3.91. The van der Waals surface area contributed by atoms with E-state index in [2.05, 4.69) is 28.1 Å². The third kappa shape index (κ3) is 6.36. The van der Waals surface area contributed by atoms with E-state index < -0.39 is 23.6 Å². The van der Waals surface area contributed by atoms with Crippen molar-refractivity contribution in [2.75, 3.05) is 19.6 Å². The number of carbonyl (C=O) groups is 1. The molecule has 1 aliphatic rings. The minimum Gasteiger partial charge on any atom is -0.340 e. The molecule has 1 amide bonds. The van der Waals surface area contributed by atoms with Crippen molar-refractivity contribution in [1.29, 1.82) is 0 Å². The molecule has 1 saturated heterocycles. The second-order valence-corrected chi connectivity index (χ2v) is 10.9. The monoisotopic (exact) mass is 530 g/mol. The molecule has 4 aromatic rings. The van der Waals surface area contributed by atoms with Crippen molar-refractivity contribution < 1.29 is 13.6 Å². The first kappa shape index (κ1) is 27.0. The van der Waals surface area contributed by atoms with Gasteiger partial charge in [0.15, 0.2) is 0 Å². The molecule has 5 nitrogen and oxygen atoms in total. The van der Waals surface area contributed by atoms with Gasteiger partial charge >= 0.3 is 0 Å². The highest BCUT2D eigenvalue weighted by Gasteiger charge is 2.31. The Morgan fingerprint density at radius 2 is 1.69 bits per heavy atom. The van der Waals surface area contributed by atoms with E-state index in [0.717, 1.165) is 48.4 Å². The molecular formula is C32H36F2N4O. The Balaban J connectivity index is 1.56. The van der Waals surface area contributed by atoms with Crippen LogP contribution >= 0.6 is 0 Å². The summed E-state index contributed by atoms with van der Waals surface area (Å²) in [7, 11) is 0. The van der Waals surface area contributed by atoms with Crippen LogP contribution in [0.25, 0.3) is 11.0 Å². The summed E-state index contributed by atoms with van der Waals surface area (Å²) >= 11 is 0. The zero-order chi connectivity index (χ0) is 27.4. The zero-order valence-corrected chi connectivity index (χ0v) is 22.7. The number of hydrogen-bond donors (Lipinski definition) is 1. The maximum Gasteiger partial charge on any atom is 0.257 e. The van der Waals surface area contributed by atoms with Crippen LogP contribution in [-0.2, 0) is 13.0 Å². The third-order valence-corrected chi connectivity index (χ3v) is 7.46. The summed E-state index contributed by atoms with van der Waals surface area (Å²) < 4.78 is 28.6. The van der Waals surface area contributed by atoms with Gasteiger partial charge in [0, 0.05) is 25.6 Å². The Morgan fingerprint density at radius 3 is 2.41 bits per heavy atom. The summed E-state index contributed by atoms with van der Waals surface area (Å²) in [6.45, 7) is 7.48. The van der Waals surface area contributed by atoms with E-state index in [1.807, 2.05) is 44.2 Å². The molecular weight excluding hydrogens is 494 g/mol. The third-order valence-electron chi connectivity index (χ3n) is 7.46. The number of amides is 1. The first-order chi connectivity index (χ1) is 18.9. The number of para-hydroxylation sites is 2. The van der Waals surface area contributed by atoms with Gasteiger partial charge in [-0.3, -0.25) is 9.69 Å². The van der Waals surface area contributed by atoms with Gasteiger partial charge in [-0.2, -0.15) is 0 Å². The fourth-order valence-electron chi connectivity index (χ4n) is 5.53. The van der Waals surface area contributed by atoms with Crippen molar-refractivity contribution in [3.8, 4) is 0 Å². The number of piperidine rings is 1. The van der Waals surface area contributed by atoms with Crippen molar-refractivity contribution in [3.05, 3.63) is 101 Å². The lowest BCUT2D eigenvalue weighted by atomic mass is 9.96. The molecule has 7 heteroatoms. The van der Waals surface area contributed by atoms with Gasteiger partial charge in [0.2, 0.25) is 0 Å². The number of H-pyrrole nitrogens is 1. The Labute approximate surface area is 228 Å². The van der Waals surface area contributed by atoms with E-state index in [9.17, 15) is 13.6 Å². The largest absolute Gasteiger partial charge is 0.340 e. The topological polar surface area (TPSA) is 52.2 Å². The minimum absolute atomic E-state index is 0.118. The maximum atomic E-state index is 14.9. The van der Waals surface area contributed by atoms with E-state index in [1.165, 1.54) is 30.9 Å². The van der Waals surface area contributed by atoms with Crippen LogP contribution in [-0.4, -0.2) is 45.3 Å². The number of likely N-dealkylation sites (tertiary alicyclic amines) is 1. The molecule has 2 heterocycles. The van der Waals surface area contributed by atoms with E-state index in [-0.39, 0.29) is 11.5 Å². The van der Waals surface area contributed by atoms with Crippen LogP contribution < -0.4 is 0 Å². The molecule has 1 aromatic heterocycles. The molecule has 39 heavy (non-hydrogen) atoms. The number of aromatic amines is 1. The first-order valence-electron chi connectivity index (χ1n) is 13.9. The van der Waals surface area contributed by atoms with Gasteiger partial charge in [-0.15, -0.1) is 0 Å². The number of nitrogens with zero attached hydrogens (tertiary/aromatic N) is 3. The molecule has 0 spiro atoms. The Bertz CT molecular complexity index is 1390. The van der Waals surface area contributed by atoms with Crippen LogP contribution in [0.1, 0.15) is 66.5 Å². The van der Waals surface area contributed by atoms with Crippen LogP contribution in [0.4, 0.5) is 8.78 Å². The van der Waals surface area contributed by atoms with Gasteiger partial charge in [0.05, 0.1) is 22.6 Å². The molecule has 204 valence electrons.